The molecule has 0 radical (unpaired) electrons. The van der Waals surface area contributed by atoms with Gasteiger partial charge in [-0.05, 0) is 42.5 Å². The summed E-state index contributed by atoms with van der Waals surface area (Å²) in [6, 6.07) is 16.5. The van der Waals surface area contributed by atoms with Crippen molar-refractivity contribution in [3.05, 3.63) is 60.4 Å². The Kier molecular flexibility index (Phi) is 7.32. The topological polar surface area (TPSA) is 77.8 Å². The Morgan fingerprint density at radius 1 is 1.05 bits per heavy atom. The molecule has 0 spiro atoms. The molecule has 0 atom stereocenters. The van der Waals surface area contributed by atoms with Gasteiger partial charge in [-0.25, -0.2) is 9.97 Å². The fourth-order valence-electron chi connectivity index (χ4n) is 4.97. The highest BCUT2D eigenvalue weighted by Crippen LogP contribution is 2.41. The monoisotopic (exact) mass is 544 g/mol. The van der Waals surface area contributed by atoms with Crippen molar-refractivity contribution in [2.24, 2.45) is 0 Å². The molecule has 6 rings (SSSR count). The summed E-state index contributed by atoms with van der Waals surface area (Å²) in [5.41, 5.74) is 6.05. The number of hydrogen-bond donors (Lipinski definition) is 0. The highest BCUT2D eigenvalue weighted by Gasteiger charge is 2.23. The van der Waals surface area contributed by atoms with Crippen molar-refractivity contribution < 1.29 is 14.2 Å². The second kappa shape index (κ2) is 11.2. The first kappa shape index (κ1) is 25.5. The number of hydrogen-bond acceptors (Lipinski definition) is 9. The summed E-state index contributed by atoms with van der Waals surface area (Å²) in [4.78, 5) is 19.4. The molecule has 1 aliphatic heterocycles. The molecule has 202 valence electrons. The molecule has 0 bridgehead atoms. The predicted octanol–water partition coefficient (Wildman–Crippen LogP) is 4.68. The van der Waals surface area contributed by atoms with Gasteiger partial charge in [-0.2, -0.15) is 0 Å². The third kappa shape index (κ3) is 5.03. The van der Waals surface area contributed by atoms with Crippen LogP contribution in [0.5, 0.6) is 5.75 Å². The molecule has 10 heteroatoms. The van der Waals surface area contributed by atoms with E-state index in [1.807, 2.05) is 30.5 Å². The molecule has 0 N–H and O–H groups in total. The van der Waals surface area contributed by atoms with Crippen molar-refractivity contribution >= 4 is 44.0 Å². The average Bonchev–Trinajstić information content (AvgIpc) is 3.58. The molecule has 2 aromatic carbocycles. The second-order valence-corrected chi connectivity index (χ2v) is 10.5. The Morgan fingerprint density at radius 2 is 1.92 bits per heavy atom. The maximum absolute atomic E-state index is 5.73. The molecule has 4 heterocycles. The number of likely N-dealkylation sites (N-methyl/N-ethyl adjacent to an activating group) is 1. The third-order valence-electron chi connectivity index (χ3n) is 7.10. The summed E-state index contributed by atoms with van der Waals surface area (Å²) in [5.74, 6) is 1.59. The third-order valence-corrected chi connectivity index (χ3v) is 8.17. The lowest BCUT2D eigenvalue weighted by Crippen LogP contribution is -2.36. The van der Waals surface area contributed by atoms with Gasteiger partial charge in [-0.3, -0.25) is 4.98 Å². The van der Waals surface area contributed by atoms with Gasteiger partial charge in [0, 0.05) is 45.7 Å². The van der Waals surface area contributed by atoms with Gasteiger partial charge in [-0.15, -0.1) is 11.3 Å². The number of thiazole rings is 1. The fraction of sp³-hybridized carbons (Fsp3) is 0.345. The molecule has 0 amide bonds. The minimum atomic E-state index is 0.585. The van der Waals surface area contributed by atoms with E-state index in [2.05, 4.69) is 50.7 Å². The van der Waals surface area contributed by atoms with E-state index in [0.717, 1.165) is 87.7 Å². The Morgan fingerprint density at radius 3 is 2.69 bits per heavy atom. The highest BCUT2D eigenvalue weighted by atomic mass is 32.1. The smallest absolute Gasteiger partial charge is 0.170 e. The SMILES string of the molecule is COCCN(C)c1ccc2nc(-c3nc4c(OC)ccc(N5CCOCC5)c4s3)n(Cc3ccccn3)c2c1. The number of benzene rings is 2. The number of fused-ring (bicyclic) bond motifs is 2. The summed E-state index contributed by atoms with van der Waals surface area (Å²) < 4.78 is 19.9. The van der Waals surface area contributed by atoms with Crippen LogP contribution in [0.2, 0.25) is 0 Å². The molecule has 5 aromatic rings. The highest BCUT2D eigenvalue weighted by molar-refractivity contribution is 7.22. The van der Waals surface area contributed by atoms with Crippen LogP contribution in [-0.2, 0) is 16.0 Å². The number of morpholine rings is 1. The van der Waals surface area contributed by atoms with Gasteiger partial charge in [0.25, 0.3) is 0 Å². The van der Waals surface area contributed by atoms with Crippen molar-refractivity contribution in [3.63, 3.8) is 0 Å². The average molecular weight is 545 g/mol. The van der Waals surface area contributed by atoms with Crippen molar-refractivity contribution in [1.29, 1.82) is 0 Å². The number of aromatic nitrogens is 4. The van der Waals surface area contributed by atoms with Gasteiger partial charge in [0.15, 0.2) is 10.8 Å². The van der Waals surface area contributed by atoms with E-state index in [1.165, 1.54) is 0 Å². The van der Waals surface area contributed by atoms with Gasteiger partial charge < -0.3 is 28.6 Å². The number of rotatable bonds is 9. The molecule has 1 fully saturated rings. The fourth-order valence-corrected chi connectivity index (χ4v) is 6.09. The van der Waals surface area contributed by atoms with E-state index in [0.29, 0.717) is 13.2 Å². The molecular formula is C29H32N6O3S. The summed E-state index contributed by atoms with van der Waals surface area (Å²) in [7, 11) is 5.50. The summed E-state index contributed by atoms with van der Waals surface area (Å²) in [6.45, 7) is 5.19. The summed E-state index contributed by atoms with van der Waals surface area (Å²) >= 11 is 1.66. The maximum atomic E-state index is 5.73. The van der Waals surface area contributed by atoms with Crippen LogP contribution in [0.15, 0.2) is 54.7 Å². The first-order chi connectivity index (χ1) is 19.2. The van der Waals surface area contributed by atoms with Crippen LogP contribution in [0.25, 0.3) is 32.1 Å². The zero-order chi connectivity index (χ0) is 26.8. The molecule has 39 heavy (non-hydrogen) atoms. The van der Waals surface area contributed by atoms with Gasteiger partial charge in [0.1, 0.15) is 11.3 Å². The lowest BCUT2D eigenvalue weighted by molar-refractivity contribution is 0.123. The Labute approximate surface area is 231 Å². The molecule has 0 unspecified atom stereocenters. The normalized spacial score (nSPS) is 13.9. The molecule has 1 saturated heterocycles. The van der Waals surface area contributed by atoms with Crippen molar-refractivity contribution in [2.45, 2.75) is 6.54 Å². The maximum Gasteiger partial charge on any atom is 0.170 e. The van der Waals surface area contributed by atoms with Crippen LogP contribution in [-0.4, -0.2) is 80.2 Å². The van der Waals surface area contributed by atoms with Crippen LogP contribution >= 0.6 is 11.3 Å². The minimum absolute atomic E-state index is 0.585. The summed E-state index contributed by atoms with van der Waals surface area (Å²) in [6.07, 6.45) is 1.83. The van der Waals surface area contributed by atoms with E-state index < -0.39 is 0 Å². The quantitative estimate of drug-likeness (QED) is 0.265. The van der Waals surface area contributed by atoms with Gasteiger partial charge in [0.05, 0.1) is 60.6 Å². The van der Waals surface area contributed by atoms with Crippen molar-refractivity contribution in [3.8, 4) is 16.6 Å². The predicted molar refractivity (Wildman–Crippen MR) is 156 cm³/mol. The van der Waals surface area contributed by atoms with Crippen LogP contribution in [0.1, 0.15) is 5.69 Å². The first-order valence-electron chi connectivity index (χ1n) is 13.1. The number of methoxy groups -OCH3 is 2. The standard InChI is InChI=1S/C29H32N6O3S/c1-33(12-15-36-2)21-7-8-22-24(18-21)35(19-20-6-4-5-11-30-20)28(31-22)29-32-26-25(37-3)10-9-23(27(26)39-29)34-13-16-38-17-14-34/h4-11,18H,12-17,19H2,1-3H3. The van der Waals surface area contributed by atoms with Gasteiger partial charge >= 0.3 is 0 Å². The molecule has 0 saturated carbocycles. The Hall–Kier alpha value is -3.73. The van der Waals surface area contributed by atoms with Crippen LogP contribution in [0.4, 0.5) is 11.4 Å². The minimum Gasteiger partial charge on any atom is -0.494 e. The number of pyridine rings is 1. The van der Waals surface area contributed by atoms with Crippen LogP contribution < -0.4 is 14.5 Å². The number of anilines is 2. The van der Waals surface area contributed by atoms with Crippen LogP contribution in [0, 0.1) is 0 Å². The largest absolute Gasteiger partial charge is 0.494 e. The number of nitrogens with zero attached hydrogens (tertiary/aromatic N) is 6. The van der Waals surface area contributed by atoms with E-state index in [9.17, 15) is 0 Å². The Balaban J connectivity index is 1.50. The van der Waals surface area contributed by atoms with Crippen LogP contribution in [0.3, 0.4) is 0 Å². The lowest BCUT2D eigenvalue weighted by Gasteiger charge is -2.29. The Bertz CT molecular complexity index is 1580. The molecule has 1 aliphatic rings. The molecule has 3 aromatic heterocycles. The zero-order valence-corrected chi connectivity index (χ0v) is 23.3. The number of ether oxygens (including phenoxy) is 3. The summed E-state index contributed by atoms with van der Waals surface area (Å²) in [5, 5.41) is 0.852. The van der Waals surface area contributed by atoms with E-state index >= 15 is 0 Å². The van der Waals surface area contributed by atoms with E-state index in [1.54, 1.807) is 25.6 Å². The van der Waals surface area contributed by atoms with Crippen molar-refractivity contribution in [2.75, 3.05) is 70.5 Å². The van der Waals surface area contributed by atoms with E-state index in [-0.39, 0.29) is 0 Å². The van der Waals surface area contributed by atoms with Gasteiger partial charge in [-0.1, -0.05) is 6.07 Å². The zero-order valence-electron chi connectivity index (χ0n) is 22.5. The molecule has 9 nitrogen and oxygen atoms in total. The number of imidazole rings is 1. The van der Waals surface area contributed by atoms with Crippen molar-refractivity contribution in [1.82, 2.24) is 19.5 Å². The molecular weight excluding hydrogens is 512 g/mol. The van der Waals surface area contributed by atoms with Gasteiger partial charge in [0.2, 0.25) is 0 Å². The molecule has 0 aliphatic carbocycles. The lowest BCUT2D eigenvalue weighted by atomic mass is 10.2. The van der Waals surface area contributed by atoms with E-state index in [4.69, 9.17) is 24.2 Å². The second-order valence-electron chi connectivity index (χ2n) is 9.51. The first-order valence-corrected chi connectivity index (χ1v) is 13.9.